The highest BCUT2D eigenvalue weighted by atomic mass is 35.5. The van der Waals surface area contributed by atoms with Gasteiger partial charge in [-0.15, -0.1) is 0 Å². The van der Waals surface area contributed by atoms with E-state index in [1.54, 1.807) is 6.20 Å². The van der Waals surface area contributed by atoms with E-state index in [0.29, 0.717) is 17.3 Å². The molecule has 0 saturated carbocycles. The summed E-state index contributed by atoms with van der Waals surface area (Å²) in [4.78, 5) is 8.12. The fourth-order valence-electron chi connectivity index (χ4n) is 1.51. The van der Waals surface area contributed by atoms with Crippen molar-refractivity contribution in [1.82, 2.24) is 30.4 Å². The lowest BCUT2D eigenvalue weighted by Crippen LogP contribution is -1.96. The quantitative estimate of drug-likeness (QED) is 0.602. The number of aromatic nitrogens is 6. The number of hydrogen-bond donors (Lipinski definition) is 3. The second kappa shape index (κ2) is 3.70. The topological polar surface area (TPSA) is 95.2 Å². The molecule has 0 saturated heterocycles. The van der Waals surface area contributed by atoms with E-state index in [2.05, 4.69) is 35.7 Å². The van der Waals surface area contributed by atoms with Crippen LogP contribution >= 0.6 is 11.6 Å². The van der Waals surface area contributed by atoms with Gasteiger partial charge in [-0.3, -0.25) is 10.2 Å². The third-order valence-electron chi connectivity index (χ3n) is 2.23. The van der Waals surface area contributed by atoms with E-state index in [9.17, 15) is 0 Å². The Morgan fingerprint density at radius 3 is 2.94 bits per heavy atom. The third-order valence-corrected chi connectivity index (χ3v) is 2.40. The molecule has 86 valence electrons. The molecule has 0 amide bonds. The molecule has 3 aromatic heterocycles. The minimum absolute atomic E-state index is 0.150. The SMILES string of the molecule is Cc1cc(Nc2nc(Cl)nc3[nH]ncc23)n[nH]1. The normalized spacial score (nSPS) is 10.9. The van der Waals surface area contributed by atoms with Crippen LogP contribution in [0, 0.1) is 6.92 Å². The summed E-state index contributed by atoms with van der Waals surface area (Å²) >= 11 is 5.81. The molecule has 0 atom stereocenters. The van der Waals surface area contributed by atoms with Gasteiger partial charge in [0, 0.05) is 11.8 Å². The summed E-state index contributed by atoms with van der Waals surface area (Å²) in [5.74, 6) is 1.24. The van der Waals surface area contributed by atoms with E-state index >= 15 is 0 Å². The summed E-state index contributed by atoms with van der Waals surface area (Å²) in [6.07, 6.45) is 1.63. The Labute approximate surface area is 101 Å². The number of nitrogens with zero attached hydrogens (tertiary/aromatic N) is 4. The predicted octanol–water partition coefficient (Wildman–Crippen LogP) is 1.78. The molecule has 0 aromatic carbocycles. The summed E-state index contributed by atoms with van der Waals surface area (Å²) in [7, 11) is 0. The van der Waals surface area contributed by atoms with Gasteiger partial charge in [-0.25, -0.2) is 0 Å². The molecule has 0 bridgehead atoms. The van der Waals surface area contributed by atoms with Gasteiger partial charge in [0.25, 0.3) is 0 Å². The lowest BCUT2D eigenvalue weighted by molar-refractivity contribution is 1.05. The largest absolute Gasteiger partial charge is 0.323 e. The monoisotopic (exact) mass is 249 g/mol. The first-order valence-corrected chi connectivity index (χ1v) is 5.26. The maximum atomic E-state index is 5.81. The van der Waals surface area contributed by atoms with E-state index < -0.39 is 0 Å². The molecule has 0 spiro atoms. The van der Waals surface area contributed by atoms with E-state index in [1.165, 1.54) is 0 Å². The van der Waals surface area contributed by atoms with E-state index in [0.717, 1.165) is 11.1 Å². The van der Waals surface area contributed by atoms with Crippen molar-refractivity contribution < 1.29 is 0 Å². The summed E-state index contributed by atoms with van der Waals surface area (Å²) in [6, 6.07) is 1.86. The Kier molecular flexibility index (Phi) is 2.19. The first-order valence-electron chi connectivity index (χ1n) is 4.88. The molecule has 0 unspecified atom stereocenters. The van der Waals surface area contributed by atoms with E-state index in [1.807, 2.05) is 13.0 Å². The van der Waals surface area contributed by atoms with Crippen LogP contribution in [0.25, 0.3) is 11.0 Å². The van der Waals surface area contributed by atoms with Crippen molar-refractivity contribution in [3.05, 3.63) is 23.2 Å². The van der Waals surface area contributed by atoms with E-state index in [4.69, 9.17) is 11.6 Å². The molecule has 8 heteroatoms. The molecule has 7 nitrogen and oxygen atoms in total. The average molecular weight is 250 g/mol. The number of anilines is 2. The molecular weight excluding hydrogens is 242 g/mol. The number of aromatic amines is 2. The fourth-order valence-corrected chi connectivity index (χ4v) is 1.68. The number of nitrogens with one attached hydrogen (secondary N) is 3. The first-order chi connectivity index (χ1) is 8.22. The van der Waals surface area contributed by atoms with Gasteiger partial charge in [-0.05, 0) is 18.5 Å². The molecule has 0 aliphatic carbocycles. The van der Waals surface area contributed by atoms with Crippen molar-refractivity contribution in [2.75, 3.05) is 5.32 Å². The van der Waals surface area contributed by atoms with Crippen molar-refractivity contribution in [2.45, 2.75) is 6.92 Å². The molecule has 0 aliphatic rings. The average Bonchev–Trinajstić information content (AvgIpc) is 2.87. The maximum Gasteiger partial charge on any atom is 0.226 e. The van der Waals surface area contributed by atoms with Gasteiger partial charge in [-0.1, -0.05) is 0 Å². The molecule has 3 N–H and O–H groups in total. The molecule has 0 radical (unpaired) electrons. The number of halogens is 1. The van der Waals surface area contributed by atoms with Crippen molar-refractivity contribution in [1.29, 1.82) is 0 Å². The Morgan fingerprint density at radius 2 is 2.18 bits per heavy atom. The number of aryl methyl sites for hydroxylation is 1. The van der Waals surface area contributed by atoms with Gasteiger partial charge in [0.2, 0.25) is 5.28 Å². The van der Waals surface area contributed by atoms with Crippen molar-refractivity contribution in [3.8, 4) is 0 Å². The zero-order valence-electron chi connectivity index (χ0n) is 8.82. The van der Waals surface area contributed by atoms with Crippen LogP contribution in [-0.2, 0) is 0 Å². The van der Waals surface area contributed by atoms with Crippen LogP contribution in [0.2, 0.25) is 5.28 Å². The van der Waals surface area contributed by atoms with Crippen LogP contribution in [0.5, 0.6) is 0 Å². The highest BCUT2D eigenvalue weighted by Crippen LogP contribution is 2.22. The van der Waals surface area contributed by atoms with Gasteiger partial charge in [0.05, 0.1) is 11.6 Å². The minimum Gasteiger partial charge on any atom is -0.323 e. The number of H-pyrrole nitrogens is 2. The molecule has 17 heavy (non-hydrogen) atoms. The maximum absolute atomic E-state index is 5.81. The van der Waals surface area contributed by atoms with Crippen molar-refractivity contribution >= 4 is 34.3 Å². The van der Waals surface area contributed by atoms with Gasteiger partial charge < -0.3 is 5.32 Å². The number of hydrogen-bond acceptors (Lipinski definition) is 5. The molecular formula is C9H8ClN7. The zero-order chi connectivity index (χ0) is 11.8. The van der Waals surface area contributed by atoms with Crippen LogP contribution in [0.4, 0.5) is 11.6 Å². The van der Waals surface area contributed by atoms with Crippen molar-refractivity contribution in [3.63, 3.8) is 0 Å². The smallest absolute Gasteiger partial charge is 0.226 e. The Hall–Kier alpha value is -2.15. The highest BCUT2D eigenvalue weighted by molar-refractivity contribution is 6.28. The van der Waals surface area contributed by atoms with Crippen LogP contribution in [0.1, 0.15) is 5.69 Å². The second-order valence-corrected chi connectivity index (χ2v) is 3.87. The van der Waals surface area contributed by atoms with Crippen LogP contribution < -0.4 is 5.32 Å². The molecule has 3 rings (SSSR count). The van der Waals surface area contributed by atoms with Crippen LogP contribution in [0.15, 0.2) is 12.3 Å². The second-order valence-electron chi connectivity index (χ2n) is 3.53. The fraction of sp³-hybridized carbons (Fsp3) is 0.111. The Balaban J connectivity index is 2.07. The first kappa shape index (κ1) is 10.0. The van der Waals surface area contributed by atoms with Gasteiger partial charge in [-0.2, -0.15) is 20.2 Å². The minimum atomic E-state index is 0.150. The van der Waals surface area contributed by atoms with Crippen LogP contribution in [-0.4, -0.2) is 30.4 Å². The number of rotatable bonds is 2. The predicted molar refractivity (Wildman–Crippen MR) is 63.3 cm³/mol. The molecule has 0 aliphatic heterocycles. The van der Waals surface area contributed by atoms with Gasteiger partial charge in [0.1, 0.15) is 5.82 Å². The standard InChI is InChI=1S/C9H8ClN7/c1-4-2-6(16-15-4)12-7-5-3-11-17-8(5)14-9(10)13-7/h2-3H,1H3,(H3,11,12,13,14,15,16,17). The van der Waals surface area contributed by atoms with Gasteiger partial charge in [0.15, 0.2) is 11.5 Å². The summed E-state index contributed by atoms with van der Waals surface area (Å²) in [6.45, 7) is 1.92. The van der Waals surface area contributed by atoms with Crippen LogP contribution in [0.3, 0.4) is 0 Å². The summed E-state index contributed by atoms with van der Waals surface area (Å²) in [5, 5.41) is 17.5. The summed E-state index contributed by atoms with van der Waals surface area (Å²) < 4.78 is 0. The number of fused-ring (bicyclic) bond motifs is 1. The third kappa shape index (κ3) is 1.80. The Morgan fingerprint density at radius 1 is 1.29 bits per heavy atom. The lowest BCUT2D eigenvalue weighted by atomic mass is 10.4. The van der Waals surface area contributed by atoms with Gasteiger partial charge >= 0.3 is 0 Å². The molecule has 3 aromatic rings. The lowest BCUT2D eigenvalue weighted by Gasteiger charge is -2.02. The van der Waals surface area contributed by atoms with Crippen molar-refractivity contribution in [2.24, 2.45) is 0 Å². The zero-order valence-corrected chi connectivity index (χ0v) is 9.58. The van der Waals surface area contributed by atoms with E-state index in [-0.39, 0.29) is 5.28 Å². The molecule has 0 fully saturated rings. The Bertz CT molecular complexity index is 671. The molecule has 3 heterocycles. The highest BCUT2D eigenvalue weighted by Gasteiger charge is 2.09. The summed E-state index contributed by atoms with van der Waals surface area (Å²) in [5.41, 5.74) is 1.54.